The summed E-state index contributed by atoms with van der Waals surface area (Å²) in [5.41, 5.74) is 0.116. The van der Waals surface area contributed by atoms with Crippen LogP contribution in [-0.2, 0) is 9.59 Å². The molecule has 1 heterocycles. The molecule has 2 unspecified atom stereocenters. The number of Topliss-reactive ketones (excluding diaryl/α,β-unsaturated/α-hetero) is 1. The van der Waals surface area contributed by atoms with Crippen LogP contribution in [0.1, 0.15) is 59.3 Å². The summed E-state index contributed by atoms with van der Waals surface area (Å²) in [7, 11) is 0. The molecule has 0 radical (unpaired) electrons. The van der Waals surface area contributed by atoms with E-state index < -0.39 is 5.92 Å². The number of ketones is 1. The lowest BCUT2D eigenvalue weighted by atomic mass is 9.81. The van der Waals surface area contributed by atoms with Crippen molar-refractivity contribution in [3.05, 3.63) is 0 Å². The zero-order valence-electron chi connectivity index (χ0n) is 13.4. The summed E-state index contributed by atoms with van der Waals surface area (Å²) in [6.07, 6.45) is 6.35. The van der Waals surface area contributed by atoms with Gasteiger partial charge in [0.05, 0.1) is 12.1 Å². The summed E-state index contributed by atoms with van der Waals surface area (Å²) in [5, 5.41) is 9.15. The van der Waals surface area contributed by atoms with E-state index in [1.165, 1.54) is 6.42 Å². The lowest BCUT2D eigenvalue weighted by molar-refractivity contribution is -0.131. The van der Waals surface area contributed by atoms with Crippen molar-refractivity contribution in [2.24, 2.45) is 17.3 Å². The van der Waals surface area contributed by atoms with Gasteiger partial charge in [0.2, 0.25) is 5.91 Å². The molecule has 21 heavy (non-hydrogen) atoms. The van der Waals surface area contributed by atoms with Gasteiger partial charge in [-0.25, -0.2) is 0 Å². The average Bonchev–Trinajstić information content (AvgIpc) is 2.67. The molecule has 0 spiro atoms. The van der Waals surface area contributed by atoms with Crippen LogP contribution in [0.3, 0.4) is 0 Å². The number of likely N-dealkylation sites (tertiary alicyclic amines) is 1. The molecule has 2 atom stereocenters. The molecule has 0 N–H and O–H groups in total. The Morgan fingerprint density at radius 3 is 2.33 bits per heavy atom. The van der Waals surface area contributed by atoms with Crippen LogP contribution in [0.4, 0.5) is 0 Å². The molecule has 4 heteroatoms. The molecule has 1 aliphatic carbocycles. The van der Waals surface area contributed by atoms with Crippen LogP contribution in [0.2, 0.25) is 0 Å². The first kappa shape index (κ1) is 16.0. The van der Waals surface area contributed by atoms with E-state index in [2.05, 4.69) is 20.8 Å². The van der Waals surface area contributed by atoms with Crippen molar-refractivity contribution >= 4 is 11.7 Å². The molecule has 2 aliphatic rings. The molecule has 116 valence electrons. The van der Waals surface area contributed by atoms with Crippen molar-refractivity contribution in [1.82, 2.24) is 4.90 Å². The lowest BCUT2D eigenvalue weighted by Gasteiger charge is -2.34. The summed E-state index contributed by atoms with van der Waals surface area (Å²) in [5.74, 6) is -1.21. The highest BCUT2D eigenvalue weighted by molar-refractivity contribution is 6.12. The number of rotatable bonds is 3. The minimum atomic E-state index is -1.06. The average molecular weight is 290 g/mol. The van der Waals surface area contributed by atoms with E-state index in [9.17, 15) is 9.59 Å². The molecule has 2 rings (SSSR count). The van der Waals surface area contributed by atoms with Gasteiger partial charge in [-0.2, -0.15) is 5.26 Å². The molecule has 0 aromatic rings. The number of hydrogen-bond donors (Lipinski definition) is 0. The van der Waals surface area contributed by atoms with Gasteiger partial charge in [-0.15, -0.1) is 0 Å². The van der Waals surface area contributed by atoms with Gasteiger partial charge in [0.15, 0.2) is 11.7 Å². The summed E-state index contributed by atoms with van der Waals surface area (Å²) >= 11 is 0. The van der Waals surface area contributed by atoms with Gasteiger partial charge < -0.3 is 4.90 Å². The normalized spacial score (nSPS) is 28.0. The van der Waals surface area contributed by atoms with E-state index in [1.807, 2.05) is 6.07 Å². The Labute approximate surface area is 127 Å². The molecule has 1 saturated heterocycles. The Morgan fingerprint density at radius 2 is 1.81 bits per heavy atom. The second-order valence-corrected chi connectivity index (χ2v) is 7.65. The molecule has 1 amide bonds. The maximum absolute atomic E-state index is 12.5. The largest absolute Gasteiger partial charge is 0.331 e. The second-order valence-electron chi connectivity index (χ2n) is 7.65. The van der Waals surface area contributed by atoms with Crippen LogP contribution in [0, 0.1) is 28.6 Å². The SMILES string of the molecule is CC(C)(C)CCN1C(=O)C(C#N)C(=O)C1C1CCCCC1. The zero-order chi connectivity index (χ0) is 15.6. The van der Waals surface area contributed by atoms with Gasteiger partial charge in [-0.1, -0.05) is 40.0 Å². The van der Waals surface area contributed by atoms with E-state index in [0.29, 0.717) is 6.54 Å². The summed E-state index contributed by atoms with van der Waals surface area (Å²) in [4.78, 5) is 26.6. The molecule has 1 aliphatic heterocycles. The Morgan fingerprint density at radius 1 is 1.19 bits per heavy atom. The maximum Gasteiger partial charge on any atom is 0.248 e. The highest BCUT2D eigenvalue weighted by atomic mass is 16.2. The second kappa shape index (κ2) is 6.17. The third-order valence-electron chi connectivity index (χ3n) is 4.77. The van der Waals surface area contributed by atoms with Gasteiger partial charge in [0.1, 0.15) is 0 Å². The van der Waals surface area contributed by atoms with Crippen LogP contribution < -0.4 is 0 Å². The summed E-state index contributed by atoms with van der Waals surface area (Å²) in [6.45, 7) is 6.99. The van der Waals surface area contributed by atoms with Gasteiger partial charge in [0.25, 0.3) is 0 Å². The Hall–Kier alpha value is -1.37. The number of carbonyl (C=O) groups is 2. The number of carbonyl (C=O) groups excluding carboxylic acids is 2. The van der Waals surface area contributed by atoms with Gasteiger partial charge in [-0.3, -0.25) is 9.59 Å². The molecule has 0 aromatic heterocycles. The third-order valence-corrected chi connectivity index (χ3v) is 4.77. The topological polar surface area (TPSA) is 61.2 Å². The van der Waals surface area contributed by atoms with Crippen LogP contribution in [0.5, 0.6) is 0 Å². The Balaban J connectivity index is 2.18. The maximum atomic E-state index is 12.5. The molecule has 0 bridgehead atoms. The molecular weight excluding hydrogens is 264 g/mol. The van der Waals surface area contributed by atoms with E-state index in [0.717, 1.165) is 32.1 Å². The number of hydrogen-bond acceptors (Lipinski definition) is 3. The van der Waals surface area contributed by atoms with Crippen LogP contribution in [0.15, 0.2) is 0 Å². The zero-order valence-corrected chi connectivity index (χ0v) is 13.4. The minimum Gasteiger partial charge on any atom is -0.331 e. The Kier molecular flexibility index (Phi) is 4.70. The molecule has 1 saturated carbocycles. The molecule has 2 fully saturated rings. The van der Waals surface area contributed by atoms with Gasteiger partial charge in [0, 0.05) is 6.54 Å². The van der Waals surface area contributed by atoms with Crippen molar-refractivity contribution in [2.45, 2.75) is 65.3 Å². The van der Waals surface area contributed by atoms with Crippen molar-refractivity contribution in [3.8, 4) is 6.07 Å². The number of nitriles is 1. The molecule has 4 nitrogen and oxygen atoms in total. The van der Waals surface area contributed by atoms with E-state index in [-0.39, 0.29) is 29.1 Å². The van der Waals surface area contributed by atoms with Crippen LogP contribution in [0.25, 0.3) is 0 Å². The molecule has 0 aromatic carbocycles. The fourth-order valence-electron chi connectivity index (χ4n) is 3.51. The third kappa shape index (κ3) is 3.45. The first-order valence-corrected chi connectivity index (χ1v) is 8.09. The van der Waals surface area contributed by atoms with Crippen molar-refractivity contribution in [1.29, 1.82) is 5.26 Å². The first-order valence-electron chi connectivity index (χ1n) is 8.09. The predicted molar refractivity (Wildman–Crippen MR) is 80.3 cm³/mol. The molecular formula is C17H26N2O2. The minimum absolute atomic E-state index is 0.116. The van der Waals surface area contributed by atoms with Crippen LogP contribution >= 0.6 is 0 Å². The Bertz CT molecular complexity index is 452. The first-order chi connectivity index (χ1) is 9.85. The van der Waals surface area contributed by atoms with Crippen LogP contribution in [-0.4, -0.2) is 29.2 Å². The van der Waals surface area contributed by atoms with Gasteiger partial charge >= 0.3 is 0 Å². The smallest absolute Gasteiger partial charge is 0.248 e. The predicted octanol–water partition coefficient (Wildman–Crippen LogP) is 2.92. The lowest BCUT2D eigenvalue weighted by Crippen LogP contribution is -2.43. The van der Waals surface area contributed by atoms with Gasteiger partial charge in [-0.05, 0) is 30.6 Å². The summed E-state index contributed by atoms with van der Waals surface area (Å²) < 4.78 is 0. The van der Waals surface area contributed by atoms with E-state index in [1.54, 1.807) is 4.90 Å². The van der Waals surface area contributed by atoms with Crippen molar-refractivity contribution < 1.29 is 9.59 Å². The fourth-order valence-corrected chi connectivity index (χ4v) is 3.51. The quantitative estimate of drug-likeness (QED) is 0.751. The highest BCUT2D eigenvalue weighted by Gasteiger charge is 2.50. The monoisotopic (exact) mass is 290 g/mol. The van der Waals surface area contributed by atoms with E-state index in [4.69, 9.17) is 5.26 Å². The highest BCUT2D eigenvalue weighted by Crippen LogP contribution is 2.35. The number of amides is 1. The van der Waals surface area contributed by atoms with E-state index >= 15 is 0 Å². The summed E-state index contributed by atoms with van der Waals surface area (Å²) in [6, 6.07) is 1.58. The standard InChI is InChI=1S/C17H26N2O2/c1-17(2,3)9-10-19-14(12-7-5-4-6-8-12)15(20)13(11-18)16(19)21/h12-14H,4-10H2,1-3H3. The van der Waals surface area contributed by atoms with Crippen molar-refractivity contribution in [2.75, 3.05) is 6.54 Å². The van der Waals surface area contributed by atoms with Crippen molar-refractivity contribution in [3.63, 3.8) is 0 Å². The fraction of sp³-hybridized carbons (Fsp3) is 0.824. The number of nitrogens with zero attached hydrogens (tertiary/aromatic N) is 2.